The SMILES string of the molecule is COc1cccc(OC)c1OCc1nc(CN(CC(C)C)C(=O)c2ccc(F)cc2)cs1. The van der Waals surface area contributed by atoms with E-state index >= 15 is 0 Å². The minimum atomic E-state index is -0.368. The molecule has 0 unspecified atom stereocenters. The van der Waals surface area contributed by atoms with Crippen LogP contribution >= 0.6 is 11.3 Å². The molecular weight excluding hydrogens is 431 g/mol. The van der Waals surface area contributed by atoms with Gasteiger partial charge in [0.2, 0.25) is 5.75 Å². The highest BCUT2D eigenvalue weighted by atomic mass is 32.1. The first-order chi connectivity index (χ1) is 15.4. The number of nitrogens with zero attached hydrogens (tertiary/aromatic N) is 2. The van der Waals surface area contributed by atoms with Crippen molar-refractivity contribution in [3.05, 3.63) is 69.9 Å². The lowest BCUT2D eigenvalue weighted by Crippen LogP contribution is -2.33. The van der Waals surface area contributed by atoms with Gasteiger partial charge in [0, 0.05) is 17.5 Å². The average Bonchev–Trinajstić information content (AvgIpc) is 3.24. The Balaban J connectivity index is 1.71. The summed E-state index contributed by atoms with van der Waals surface area (Å²) in [5.41, 5.74) is 1.23. The number of amides is 1. The summed E-state index contributed by atoms with van der Waals surface area (Å²) in [6.45, 7) is 5.27. The van der Waals surface area contributed by atoms with E-state index in [0.717, 1.165) is 10.7 Å². The second-order valence-electron chi connectivity index (χ2n) is 7.60. The molecule has 0 aliphatic carbocycles. The highest BCUT2D eigenvalue weighted by Gasteiger charge is 2.19. The van der Waals surface area contributed by atoms with E-state index in [4.69, 9.17) is 14.2 Å². The van der Waals surface area contributed by atoms with Crippen molar-refractivity contribution >= 4 is 17.2 Å². The number of ether oxygens (including phenoxy) is 3. The molecule has 1 amide bonds. The zero-order chi connectivity index (χ0) is 23.1. The number of carbonyl (C=O) groups excluding carboxylic acids is 1. The normalized spacial score (nSPS) is 10.8. The molecular formula is C24H27FN2O4S. The molecule has 2 aromatic carbocycles. The summed E-state index contributed by atoms with van der Waals surface area (Å²) in [6, 6.07) is 11.0. The van der Waals surface area contributed by atoms with Gasteiger partial charge in [-0.3, -0.25) is 4.79 Å². The van der Waals surface area contributed by atoms with Crippen molar-refractivity contribution in [3.8, 4) is 17.2 Å². The van der Waals surface area contributed by atoms with Crippen molar-refractivity contribution in [2.75, 3.05) is 20.8 Å². The van der Waals surface area contributed by atoms with Gasteiger partial charge in [0.05, 0.1) is 26.5 Å². The molecule has 0 saturated carbocycles. The van der Waals surface area contributed by atoms with Crippen molar-refractivity contribution < 1.29 is 23.4 Å². The Morgan fingerprint density at radius 2 is 1.75 bits per heavy atom. The third-order valence-electron chi connectivity index (χ3n) is 4.64. The molecule has 3 aromatic rings. The van der Waals surface area contributed by atoms with Crippen LogP contribution in [0.3, 0.4) is 0 Å². The van der Waals surface area contributed by atoms with Crippen LogP contribution in [0.4, 0.5) is 4.39 Å². The fourth-order valence-electron chi connectivity index (χ4n) is 3.21. The fourth-order valence-corrected chi connectivity index (χ4v) is 3.91. The standard InChI is InChI=1S/C24H27FN2O4S/c1-16(2)12-27(24(28)17-8-10-18(25)11-9-17)13-19-15-32-22(26-19)14-31-23-20(29-3)6-5-7-21(23)30-4/h5-11,15-16H,12-14H2,1-4H3. The number of rotatable bonds is 10. The van der Waals surface area contributed by atoms with E-state index in [0.29, 0.717) is 35.9 Å². The number of thiazole rings is 1. The van der Waals surface area contributed by atoms with Gasteiger partial charge >= 0.3 is 0 Å². The Labute approximate surface area is 191 Å². The number of carbonyl (C=O) groups is 1. The van der Waals surface area contributed by atoms with Gasteiger partial charge in [-0.25, -0.2) is 9.37 Å². The van der Waals surface area contributed by atoms with Gasteiger partial charge in [-0.15, -0.1) is 11.3 Å². The van der Waals surface area contributed by atoms with Crippen LogP contribution in [0.2, 0.25) is 0 Å². The summed E-state index contributed by atoms with van der Waals surface area (Å²) in [6.07, 6.45) is 0. The van der Waals surface area contributed by atoms with Crippen LogP contribution in [0.15, 0.2) is 47.8 Å². The third-order valence-corrected chi connectivity index (χ3v) is 5.51. The Kier molecular flexibility index (Phi) is 8.05. The van der Waals surface area contributed by atoms with E-state index in [1.165, 1.54) is 35.6 Å². The summed E-state index contributed by atoms with van der Waals surface area (Å²) in [4.78, 5) is 19.3. The maximum absolute atomic E-state index is 13.2. The first-order valence-corrected chi connectivity index (χ1v) is 11.1. The molecule has 170 valence electrons. The van der Waals surface area contributed by atoms with Crippen LogP contribution in [0, 0.1) is 11.7 Å². The molecule has 0 fully saturated rings. The summed E-state index contributed by atoms with van der Waals surface area (Å²) in [5.74, 6) is 1.43. The van der Waals surface area contributed by atoms with Gasteiger partial charge in [0.25, 0.3) is 5.91 Å². The molecule has 1 heterocycles. The Hall–Kier alpha value is -3.13. The maximum atomic E-state index is 13.2. The molecule has 0 aliphatic heterocycles. The van der Waals surface area contributed by atoms with Gasteiger partial charge in [-0.05, 0) is 42.3 Å². The first kappa shape index (κ1) is 23.5. The number of para-hydroxylation sites is 1. The Morgan fingerprint density at radius 3 is 2.34 bits per heavy atom. The topological polar surface area (TPSA) is 60.9 Å². The van der Waals surface area contributed by atoms with Gasteiger partial charge in [0.15, 0.2) is 11.5 Å². The van der Waals surface area contributed by atoms with Crippen LogP contribution < -0.4 is 14.2 Å². The quantitative estimate of drug-likeness (QED) is 0.419. The van der Waals surface area contributed by atoms with Crippen molar-refractivity contribution in [2.24, 2.45) is 5.92 Å². The van der Waals surface area contributed by atoms with Crippen molar-refractivity contribution in [1.29, 1.82) is 0 Å². The van der Waals surface area contributed by atoms with Crippen LogP contribution in [-0.4, -0.2) is 36.6 Å². The monoisotopic (exact) mass is 458 g/mol. The zero-order valence-corrected chi connectivity index (χ0v) is 19.4. The van der Waals surface area contributed by atoms with Crippen molar-refractivity contribution in [1.82, 2.24) is 9.88 Å². The van der Waals surface area contributed by atoms with Crippen molar-refractivity contribution in [3.63, 3.8) is 0 Å². The van der Waals surface area contributed by atoms with E-state index in [2.05, 4.69) is 4.98 Å². The molecule has 32 heavy (non-hydrogen) atoms. The maximum Gasteiger partial charge on any atom is 0.254 e. The van der Waals surface area contributed by atoms with E-state index in [1.54, 1.807) is 31.3 Å². The number of aromatic nitrogens is 1. The molecule has 0 radical (unpaired) electrons. The third kappa shape index (κ3) is 5.97. The number of methoxy groups -OCH3 is 2. The predicted octanol–water partition coefficient (Wildman–Crippen LogP) is 5.18. The first-order valence-electron chi connectivity index (χ1n) is 10.2. The summed E-state index contributed by atoms with van der Waals surface area (Å²) in [7, 11) is 3.15. The van der Waals surface area contributed by atoms with Crippen LogP contribution in [0.5, 0.6) is 17.2 Å². The lowest BCUT2D eigenvalue weighted by atomic mass is 10.1. The molecule has 6 nitrogen and oxygen atoms in total. The van der Waals surface area contributed by atoms with Gasteiger partial charge in [-0.1, -0.05) is 19.9 Å². The van der Waals surface area contributed by atoms with Crippen LogP contribution in [-0.2, 0) is 13.2 Å². The van der Waals surface area contributed by atoms with Gasteiger partial charge in [0.1, 0.15) is 17.4 Å². The predicted molar refractivity (Wildman–Crippen MR) is 122 cm³/mol. The minimum absolute atomic E-state index is 0.150. The molecule has 3 rings (SSSR count). The number of benzene rings is 2. The van der Waals surface area contributed by atoms with E-state index in [-0.39, 0.29) is 24.2 Å². The number of halogens is 1. The second kappa shape index (κ2) is 10.9. The minimum Gasteiger partial charge on any atom is -0.493 e. The Morgan fingerprint density at radius 1 is 1.09 bits per heavy atom. The summed E-state index contributed by atoms with van der Waals surface area (Å²) >= 11 is 1.46. The molecule has 0 spiro atoms. The number of hydrogen-bond donors (Lipinski definition) is 0. The summed E-state index contributed by atoms with van der Waals surface area (Å²) in [5, 5.41) is 2.69. The zero-order valence-electron chi connectivity index (χ0n) is 18.6. The lowest BCUT2D eigenvalue weighted by molar-refractivity contribution is 0.0720. The molecule has 0 N–H and O–H groups in total. The van der Waals surface area contributed by atoms with Crippen LogP contribution in [0.25, 0.3) is 0 Å². The smallest absolute Gasteiger partial charge is 0.254 e. The average molecular weight is 459 g/mol. The largest absolute Gasteiger partial charge is 0.493 e. The highest BCUT2D eigenvalue weighted by Crippen LogP contribution is 2.37. The number of hydrogen-bond acceptors (Lipinski definition) is 6. The highest BCUT2D eigenvalue weighted by molar-refractivity contribution is 7.09. The van der Waals surface area contributed by atoms with E-state index in [9.17, 15) is 9.18 Å². The Bertz CT molecular complexity index is 1010. The van der Waals surface area contributed by atoms with Gasteiger partial charge in [-0.2, -0.15) is 0 Å². The molecule has 8 heteroatoms. The fraction of sp³-hybridized carbons (Fsp3) is 0.333. The lowest BCUT2D eigenvalue weighted by Gasteiger charge is -2.24. The van der Waals surface area contributed by atoms with Gasteiger partial charge < -0.3 is 19.1 Å². The second-order valence-corrected chi connectivity index (χ2v) is 8.54. The molecule has 1 aromatic heterocycles. The molecule has 0 bridgehead atoms. The summed E-state index contributed by atoms with van der Waals surface area (Å²) < 4.78 is 29.9. The molecule has 0 aliphatic rings. The van der Waals surface area contributed by atoms with E-state index in [1.807, 2.05) is 25.3 Å². The molecule has 0 atom stereocenters. The van der Waals surface area contributed by atoms with Crippen LogP contribution in [0.1, 0.15) is 34.9 Å². The molecule has 0 saturated heterocycles. The van der Waals surface area contributed by atoms with E-state index < -0.39 is 0 Å². The van der Waals surface area contributed by atoms with Crippen molar-refractivity contribution in [2.45, 2.75) is 27.0 Å².